The Morgan fingerprint density at radius 3 is 2.50 bits per heavy atom. The molecule has 0 amide bonds. The molecule has 1 aromatic rings. The minimum Gasteiger partial charge on any atom is -0.423 e. The predicted octanol–water partition coefficient (Wildman–Crippen LogP) is 0.618. The van der Waals surface area contributed by atoms with Gasteiger partial charge >= 0.3 is 7.12 Å². The summed E-state index contributed by atoms with van der Waals surface area (Å²) in [6, 6.07) is 6.57. The molecule has 0 aliphatic rings. The van der Waals surface area contributed by atoms with Crippen LogP contribution in [0, 0.1) is 0 Å². The highest BCUT2D eigenvalue weighted by Crippen LogP contribution is 1.98. The Morgan fingerprint density at radius 2 is 2.00 bits per heavy atom. The SMILES string of the molecule is CCC.O=C=NCc1cccc(B(O)O)c1. The minimum absolute atomic E-state index is 0.212. The molecule has 86 valence electrons. The minimum atomic E-state index is -1.49. The van der Waals surface area contributed by atoms with Gasteiger partial charge in [0.25, 0.3) is 0 Å². The molecule has 4 nitrogen and oxygen atoms in total. The van der Waals surface area contributed by atoms with Crippen LogP contribution in [0.4, 0.5) is 0 Å². The Hall–Kier alpha value is -1.42. The van der Waals surface area contributed by atoms with E-state index in [9.17, 15) is 4.79 Å². The quantitative estimate of drug-likeness (QED) is 0.446. The van der Waals surface area contributed by atoms with Crippen LogP contribution in [0.2, 0.25) is 0 Å². The molecule has 0 heterocycles. The van der Waals surface area contributed by atoms with Crippen LogP contribution in [0.5, 0.6) is 0 Å². The van der Waals surface area contributed by atoms with E-state index in [1.54, 1.807) is 24.3 Å². The number of hydrogen-bond donors (Lipinski definition) is 2. The average Bonchev–Trinajstić information content (AvgIpc) is 2.28. The number of isocyanates is 1. The lowest BCUT2D eigenvalue weighted by atomic mass is 9.80. The zero-order chi connectivity index (χ0) is 12.4. The summed E-state index contributed by atoms with van der Waals surface area (Å²) in [7, 11) is -1.49. The monoisotopic (exact) mass is 221 g/mol. The molecule has 5 heteroatoms. The van der Waals surface area contributed by atoms with Crippen molar-refractivity contribution in [1.29, 1.82) is 0 Å². The smallest absolute Gasteiger partial charge is 0.423 e. The first-order valence-electron chi connectivity index (χ1n) is 5.14. The van der Waals surface area contributed by atoms with Crippen LogP contribution in [-0.2, 0) is 11.3 Å². The largest absolute Gasteiger partial charge is 0.488 e. The van der Waals surface area contributed by atoms with Gasteiger partial charge in [0, 0.05) is 0 Å². The fraction of sp³-hybridized carbons (Fsp3) is 0.364. The molecular formula is C11H16BNO3. The summed E-state index contributed by atoms with van der Waals surface area (Å²) < 4.78 is 0. The second kappa shape index (κ2) is 8.86. The first kappa shape index (κ1) is 14.6. The van der Waals surface area contributed by atoms with Crippen molar-refractivity contribution in [3.8, 4) is 0 Å². The summed E-state index contributed by atoms with van der Waals surface area (Å²) >= 11 is 0. The molecule has 0 aliphatic carbocycles. The van der Waals surface area contributed by atoms with Crippen LogP contribution >= 0.6 is 0 Å². The molecule has 0 unspecified atom stereocenters. The molecule has 2 N–H and O–H groups in total. The molecule has 0 aromatic heterocycles. The summed E-state index contributed by atoms with van der Waals surface area (Å²) in [5.41, 5.74) is 1.13. The normalized spacial score (nSPS) is 8.50. The van der Waals surface area contributed by atoms with E-state index in [1.165, 1.54) is 12.5 Å². The van der Waals surface area contributed by atoms with Gasteiger partial charge in [0.1, 0.15) is 0 Å². The van der Waals surface area contributed by atoms with E-state index >= 15 is 0 Å². The average molecular weight is 221 g/mol. The highest BCUT2D eigenvalue weighted by molar-refractivity contribution is 6.58. The Labute approximate surface area is 95.8 Å². The lowest BCUT2D eigenvalue weighted by Crippen LogP contribution is -2.29. The summed E-state index contributed by atoms with van der Waals surface area (Å²) in [6.07, 6.45) is 2.66. The first-order valence-corrected chi connectivity index (χ1v) is 5.14. The molecule has 1 rings (SSSR count). The zero-order valence-corrected chi connectivity index (χ0v) is 9.55. The van der Waals surface area contributed by atoms with Crippen LogP contribution in [0.15, 0.2) is 29.3 Å². The molecule has 0 bridgehead atoms. The van der Waals surface area contributed by atoms with Crippen LogP contribution in [-0.4, -0.2) is 23.2 Å². The third-order valence-corrected chi connectivity index (χ3v) is 1.58. The van der Waals surface area contributed by atoms with Crippen molar-refractivity contribution in [3.05, 3.63) is 29.8 Å². The summed E-state index contributed by atoms with van der Waals surface area (Å²) in [5.74, 6) is 0. The number of carbonyl (C=O) groups excluding carboxylic acids is 1. The van der Waals surface area contributed by atoms with Crippen LogP contribution in [0.1, 0.15) is 25.8 Å². The highest BCUT2D eigenvalue weighted by Gasteiger charge is 2.09. The molecule has 0 atom stereocenters. The van der Waals surface area contributed by atoms with E-state index in [4.69, 9.17) is 10.0 Å². The number of hydrogen-bond acceptors (Lipinski definition) is 4. The predicted molar refractivity (Wildman–Crippen MR) is 64.1 cm³/mol. The van der Waals surface area contributed by atoms with Crippen molar-refractivity contribution in [3.63, 3.8) is 0 Å². The molecule has 1 aromatic carbocycles. The third-order valence-electron chi connectivity index (χ3n) is 1.58. The maximum atomic E-state index is 9.81. The highest BCUT2D eigenvalue weighted by atomic mass is 16.4. The topological polar surface area (TPSA) is 69.9 Å². The molecule has 0 fully saturated rings. The van der Waals surface area contributed by atoms with Crippen molar-refractivity contribution in [1.82, 2.24) is 0 Å². The van der Waals surface area contributed by atoms with E-state index < -0.39 is 7.12 Å². The molecule has 0 radical (unpaired) electrons. The van der Waals surface area contributed by atoms with Crippen molar-refractivity contribution in [2.75, 3.05) is 0 Å². The Balaban J connectivity index is 0.000000673. The van der Waals surface area contributed by atoms with Crippen molar-refractivity contribution >= 4 is 18.7 Å². The van der Waals surface area contributed by atoms with Gasteiger partial charge in [-0.3, -0.25) is 0 Å². The number of rotatable bonds is 3. The molecule has 0 saturated heterocycles. The second-order valence-corrected chi connectivity index (χ2v) is 3.23. The van der Waals surface area contributed by atoms with Gasteiger partial charge in [-0.1, -0.05) is 44.5 Å². The van der Waals surface area contributed by atoms with Crippen molar-refractivity contribution < 1.29 is 14.8 Å². The van der Waals surface area contributed by atoms with Gasteiger partial charge in [0.15, 0.2) is 0 Å². The maximum Gasteiger partial charge on any atom is 0.488 e. The molecular weight excluding hydrogens is 205 g/mol. The molecule has 0 spiro atoms. The molecule has 0 saturated carbocycles. The fourth-order valence-corrected chi connectivity index (χ4v) is 0.976. The van der Waals surface area contributed by atoms with Gasteiger partial charge in [-0.15, -0.1) is 0 Å². The number of nitrogens with zero attached hydrogens (tertiary/aromatic N) is 1. The van der Waals surface area contributed by atoms with E-state index in [0.29, 0.717) is 5.46 Å². The van der Waals surface area contributed by atoms with Gasteiger partial charge < -0.3 is 10.0 Å². The summed E-state index contributed by atoms with van der Waals surface area (Å²) in [5, 5.41) is 17.6. The summed E-state index contributed by atoms with van der Waals surface area (Å²) in [6.45, 7) is 4.46. The van der Waals surface area contributed by atoms with E-state index in [-0.39, 0.29) is 6.54 Å². The van der Waals surface area contributed by atoms with Crippen molar-refractivity contribution in [2.45, 2.75) is 26.8 Å². The Kier molecular flexibility index (Phi) is 8.07. The van der Waals surface area contributed by atoms with Gasteiger partial charge in [0.2, 0.25) is 6.08 Å². The van der Waals surface area contributed by atoms with Gasteiger partial charge in [-0.2, -0.15) is 0 Å². The Morgan fingerprint density at radius 1 is 1.38 bits per heavy atom. The lowest BCUT2D eigenvalue weighted by molar-refractivity contribution is 0.425. The fourth-order valence-electron chi connectivity index (χ4n) is 0.976. The number of benzene rings is 1. The second-order valence-electron chi connectivity index (χ2n) is 3.23. The number of aliphatic imine (C=N–C) groups is 1. The van der Waals surface area contributed by atoms with E-state index in [0.717, 1.165) is 5.56 Å². The molecule has 16 heavy (non-hydrogen) atoms. The lowest BCUT2D eigenvalue weighted by Gasteiger charge is -2.00. The van der Waals surface area contributed by atoms with Crippen LogP contribution in [0.25, 0.3) is 0 Å². The van der Waals surface area contributed by atoms with Crippen LogP contribution < -0.4 is 5.46 Å². The summed E-state index contributed by atoms with van der Waals surface area (Å²) in [4.78, 5) is 13.2. The maximum absolute atomic E-state index is 9.81. The zero-order valence-electron chi connectivity index (χ0n) is 9.55. The third kappa shape index (κ3) is 6.14. The van der Waals surface area contributed by atoms with E-state index in [1.807, 2.05) is 0 Å². The van der Waals surface area contributed by atoms with E-state index in [2.05, 4.69) is 18.8 Å². The Bertz CT molecular complexity index is 349. The first-order chi connectivity index (χ1) is 7.65. The molecule has 0 aliphatic heterocycles. The van der Waals surface area contributed by atoms with Crippen molar-refractivity contribution in [2.24, 2.45) is 4.99 Å². The van der Waals surface area contributed by atoms with Gasteiger partial charge in [-0.05, 0) is 11.0 Å². The van der Waals surface area contributed by atoms with Crippen LogP contribution in [0.3, 0.4) is 0 Å². The van der Waals surface area contributed by atoms with Gasteiger partial charge in [0.05, 0.1) is 6.54 Å². The standard InChI is InChI=1S/C8H8BNO3.C3H8/c11-6-10-5-7-2-1-3-8(4-7)9(12)13;1-3-2/h1-4,12-13H,5H2;3H2,1-2H3. The van der Waals surface area contributed by atoms with Gasteiger partial charge in [-0.25, -0.2) is 9.79 Å².